The normalized spacial score (nSPS) is 12.8. The van der Waals surface area contributed by atoms with Crippen LogP contribution in [-0.4, -0.2) is 39.2 Å². The van der Waals surface area contributed by atoms with E-state index in [1.165, 1.54) is 21.3 Å². The van der Waals surface area contributed by atoms with Crippen molar-refractivity contribution in [1.29, 1.82) is 0 Å². The Morgan fingerprint density at radius 3 is 1.91 bits per heavy atom. The van der Waals surface area contributed by atoms with Gasteiger partial charge in [-0.1, -0.05) is 71.8 Å². The number of hydrogen-bond donors (Lipinski definition) is 0. The number of nitrogens with zero attached hydrogens (tertiary/aromatic N) is 1. The zero-order chi connectivity index (χ0) is 33.2. The molecule has 7 nitrogen and oxygen atoms in total. The van der Waals surface area contributed by atoms with Crippen molar-refractivity contribution < 1.29 is 33.2 Å². The molecule has 0 saturated heterocycles. The summed E-state index contributed by atoms with van der Waals surface area (Å²) in [7, 11) is 3.89. The van der Waals surface area contributed by atoms with Gasteiger partial charge in [0.2, 0.25) is 5.52 Å². The number of carbonyl (C=O) groups excluding carboxylic acids is 3. The first-order valence-corrected chi connectivity index (χ1v) is 15.3. The number of para-hydroxylation sites is 1. The molecule has 0 N–H and O–H groups in total. The average Bonchev–Trinajstić information content (AvgIpc) is 3.40. The highest BCUT2D eigenvalue weighted by atomic mass is 35.5. The molecule has 0 saturated carbocycles. The predicted octanol–water partition coefficient (Wildman–Crippen LogP) is 7.76. The minimum Gasteiger partial charge on any atom is -0.465 e. The van der Waals surface area contributed by atoms with Gasteiger partial charge in [0, 0.05) is 28.1 Å². The number of rotatable bonds is 7. The van der Waals surface area contributed by atoms with E-state index in [-0.39, 0.29) is 11.3 Å². The monoisotopic (exact) mass is 664 g/mol. The van der Waals surface area contributed by atoms with Gasteiger partial charge in [-0.05, 0) is 75.8 Å². The second-order valence-electron chi connectivity index (χ2n) is 10.7. The van der Waals surface area contributed by atoms with Crippen molar-refractivity contribution in [2.24, 2.45) is 0 Å². The van der Waals surface area contributed by atoms with E-state index in [9.17, 15) is 14.4 Å². The third-order valence-electron chi connectivity index (χ3n) is 8.17. The van der Waals surface area contributed by atoms with E-state index in [4.69, 9.17) is 37.4 Å². The van der Waals surface area contributed by atoms with Crippen molar-refractivity contribution in [3.05, 3.63) is 141 Å². The second-order valence-corrected chi connectivity index (χ2v) is 11.6. The van der Waals surface area contributed by atoms with Crippen molar-refractivity contribution >= 4 is 69.9 Å². The Bertz CT molecular complexity index is 2080. The smallest absolute Gasteiger partial charge is 0.404 e. The minimum atomic E-state index is -0.738. The first kappa shape index (κ1) is 31.7. The van der Waals surface area contributed by atoms with Crippen molar-refractivity contribution in [2.45, 2.75) is 5.92 Å². The fourth-order valence-corrected chi connectivity index (χ4v) is 6.40. The summed E-state index contributed by atoms with van der Waals surface area (Å²) < 4.78 is 17.1. The van der Waals surface area contributed by atoms with Crippen LogP contribution in [0.5, 0.6) is 0 Å². The average molecular weight is 666 g/mol. The zero-order valence-electron chi connectivity index (χ0n) is 25.6. The maximum Gasteiger partial charge on any atom is 0.404 e. The number of methoxy groups -OCH3 is 3. The van der Waals surface area contributed by atoms with E-state index in [0.717, 1.165) is 38.8 Å². The number of benzene rings is 4. The summed E-state index contributed by atoms with van der Waals surface area (Å²) in [4.78, 5) is 39.5. The summed E-state index contributed by atoms with van der Waals surface area (Å²) in [5, 5.41) is 1.76. The molecule has 0 unspecified atom stereocenters. The van der Waals surface area contributed by atoms with E-state index in [1.807, 2.05) is 66.7 Å². The Morgan fingerprint density at radius 1 is 0.702 bits per heavy atom. The second kappa shape index (κ2) is 13.2. The molecular weight excluding hydrogens is 637 g/mol. The van der Waals surface area contributed by atoms with E-state index < -0.39 is 23.8 Å². The number of pyridine rings is 1. The molecule has 6 rings (SSSR count). The van der Waals surface area contributed by atoms with E-state index in [2.05, 4.69) is 0 Å². The third-order valence-corrected chi connectivity index (χ3v) is 8.64. The van der Waals surface area contributed by atoms with Crippen LogP contribution in [0.25, 0.3) is 39.9 Å². The van der Waals surface area contributed by atoms with Crippen LogP contribution >= 0.6 is 23.2 Å². The summed E-state index contributed by atoms with van der Waals surface area (Å²) in [6, 6.07) is 27.4. The van der Waals surface area contributed by atoms with Gasteiger partial charge in [0.05, 0.1) is 32.3 Å². The van der Waals surface area contributed by atoms with Gasteiger partial charge in [-0.15, -0.1) is 0 Å². The maximum atomic E-state index is 13.9. The van der Waals surface area contributed by atoms with Crippen LogP contribution in [0.3, 0.4) is 0 Å². The first-order chi connectivity index (χ1) is 22.7. The Morgan fingerprint density at radius 2 is 1.32 bits per heavy atom. The molecular formula is C38H28Cl2NO6+. The topological polar surface area (TPSA) is 82.8 Å². The lowest BCUT2D eigenvalue weighted by Crippen LogP contribution is -2.40. The fraction of sp³-hybridized carbons (Fsp3) is 0.105. The Balaban J connectivity index is 1.57. The highest BCUT2D eigenvalue weighted by Crippen LogP contribution is 2.50. The van der Waals surface area contributed by atoms with Gasteiger partial charge < -0.3 is 14.2 Å². The lowest BCUT2D eigenvalue weighted by atomic mass is 9.87. The summed E-state index contributed by atoms with van der Waals surface area (Å²) in [6.07, 6.45) is 5.59. The van der Waals surface area contributed by atoms with Gasteiger partial charge in [0.15, 0.2) is 6.20 Å². The van der Waals surface area contributed by atoms with E-state index in [1.54, 1.807) is 47.2 Å². The number of hydrogen-bond acceptors (Lipinski definition) is 6. The van der Waals surface area contributed by atoms with Crippen LogP contribution in [0.2, 0.25) is 10.0 Å². The van der Waals surface area contributed by atoms with Crippen LogP contribution in [0.15, 0.2) is 103 Å². The molecule has 1 aliphatic rings. The first-order valence-electron chi connectivity index (χ1n) is 14.6. The number of esters is 3. The van der Waals surface area contributed by atoms with Crippen LogP contribution in [0.4, 0.5) is 0 Å². The molecule has 0 spiro atoms. The lowest BCUT2D eigenvalue weighted by molar-refractivity contribution is -0.550. The van der Waals surface area contributed by atoms with E-state index >= 15 is 0 Å². The molecule has 5 aromatic rings. The largest absolute Gasteiger partial charge is 0.465 e. The van der Waals surface area contributed by atoms with Gasteiger partial charge in [-0.3, -0.25) is 0 Å². The van der Waals surface area contributed by atoms with Crippen molar-refractivity contribution in [2.75, 3.05) is 21.3 Å². The molecule has 0 aliphatic heterocycles. The molecule has 0 bridgehead atoms. The molecule has 4 aromatic carbocycles. The molecule has 0 radical (unpaired) electrons. The summed E-state index contributed by atoms with van der Waals surface area (Å²) in [6.45, 7) is 0. The molecule has 47 heavy (non-hydrogen) atoms. The third kappa shape index (κ3) is 5.91. The van der Waals surface area contributed by atoms with Gasteiger partial charge in [0.25, 0.3) is 0 Å². The molecule has 0 amide bonds. The maximum absolute atomic E-state index is 13.9. The van der Waals surface area contributed by atoms with E-state index in [0.29, 0.717) is 21.1 Å². The summed E-state index contributed by atoms with van der Waals surface area (Å²) in [5.74, 6) is -2.58. The van der Waals surface area contributed by atoms with Gasteiger partial charge in [-0.2, -0.15) is 4.57 Å². The fourth-order valence-electron chi connectivity index (χ4n) is 6.04. The van der Waals surface area contributed by atoms with Crippen LogP contribution in [0, 0.1) is 0 Å². The van der Waals surface area contributed by atoms with Crippen LogP contribution in [0.1, 0.15) is 38.5 Å². The summed E-state index contributed by atoms with van der Waals surface area (Å²) >= 11 is 13.0. The summed E-state index contributed by atoms with van der Waals surface area (Å²) in [5.41, 5.74) is 6.10. The SMILES string of the molecule is COC(=O)/C(=C(/C(=O)OC)[n+]1ccc(/C=C/c2ccc(C(=O)OC)cc2)c2ccccc21)C1c2cc(Cl)ccc2-c2ccc(Cl)cc21. The van der Waals surface area contributed by atoms with Gasteiger partial charge in [-0.25, -0.2) is 14.4 Å². The standard InChI is InChI=1S/C38H28Cl2NO6/c1-45-36(42)24-12-9-22(10-13-24)8-11-23-18-19-41(32-7-5-4-6-27(23)32)35(38(44)47-3)34(37(43)46-2)33-30-20-25(39)14-16-28(30)29-17-15-26(40)21-31(29)33/h4-21,33H,1-3H3/q+1/b11-8+,35-34-. The highest BCUT2D eigenvalue weighted by molar-refractivity contribution is 6.31. The Hall–Kier alpha value is -5.24. The molecule has 1 heterocycles. The lowest BCUT2D eigenvalue weighted by Gasteiger charge is -2.18. The van der Waals surface area contributed by atoms with Crippen molar-refractivity contribution in [1.82, 2.24) is 0 Å². The van der Waals surface area contributed by atoms with Crippen LogP contribution < -0.4 is 4.57 Å². The van der Waals surface area contributed by atoms with Gasteiger partial charge >= 0.3 is 23.6 Å². The number of ether oxygens (including phenoxy) is 3. The predicted molar refractivity (Wildman–Crippen MR) is 182 cm³/mol. The zero-order valence-corrected chi connectivity index (χ0v) is 27.1. The van der Waals surface area contributed by atoms with Crippen molar-refractivity contribution in [3.8, 4) is 11.1 Å². The molecule has 9 heteroatoms. The Kier molecular flexibility index (Phi) is 8.94. The number of aromatic nitrogens is 1. The number of halogens is 2. The van der Waals surface area contributed by atoms with Crippen LogP contribution in [-0.2, 0) is 23.8 Å². The molecule has 1 aromatic heterocycles. The molecule has 0 atom stereocenters. The molecule has 1 aliphatic carbocycles. The minimum absolute atomic E-state index is 0.00627. The highest BCUT2D eigenvalue weighted by Gasteiger charge is 2.43. The quantitative estimate of drug-likeness (QED) is 0.0765. The Labute approximate surface area is 281 Å². The molecule has 234 valence electrons. The van der Waals surface area contributed by atoms with Crippen molar-refractivity contribution in [3.63, 3.8) is 0 Å². The van der Waals surface area contributed by atoms with Gasteiger partial charge in [0.1, 0.15) is 5.57 Å². The number of carbonyl (C=O) groups is 3. The molecule has 0 fully saturated rings. The number of fused-ring (bicyclic) bond motifs is 4.